The summed E-state index contributed by atoms with van der Waals surface area (Å²) < 4.78 is 4.46. The van der Waals surface area contributed by atoms with E-state index in [1.807, 2.05) is 13.8 Å². The lowest BCUT2D eigenvalue weighted by atomic mass is 10.1. The predicted octanol–water partition coefficient (Wildman–Crippen LogP) is 2.34. The van der Waals surface area contributed by atoms with Gasteiger partial charge in [0.15, 0.2) is 0 Å². The predicted molar refractivity (Wildman–Crippen MR) is 60.2 cm³/mol. The van der Waals surface area contributed by atoms with E-state index in [4.69, 9.17) is 0 Å². The van der Waals surface area contributed by atoms with Crippen LogP contribution in [-0.2, 0) is 16.0 Å². The third-order valence-corrected chi connectivity index (χ3v) is 1.72. The topological polar surface area (TPSA) is 69.4 Å². The van der Waals surface area contributed by atoms with Crippen LogP contribution in [0.25, 0.3) is 0 Å². The molecule has 0 aliphatic carbocycles. The van der Waals surface area contributed by atoms with Crippen LogP contribution >= 0.6 is 0 Å². The summed E-state index contributed by atoms with van der Waals surface area (Å²) in [5, 5.41) is 10.3. The molecule has 1 aromatic carbocycles. The van der Waals surface area contributed by atoms with Crippen LogP contribution in [0.15, 0.2) is 24.3 Å². The summed E-state index contributed by atoms with van der Waals surface area (Å²) in [6.45, 7) is 4.00. The van der Waals surface area contributed by atoms with Crippen molar-refractivity contribution in [3.8, 4) is 0 Å². The Bertz CT molecular complexity index is 346. The largest absolute Gasteiger partial charge is 0.469 e. The molecule has 16 heavy (non-hydrogen) atoms. The quantitative estimate of drug-likeness (QED) is 0.449. The van der Waals surface area contributed by atoms with Gasteiger partial charge in [0.05, 0.1) is 18.5 Å². The zero-order valence-electron chi connectivity index (χ0n) is 9.60. The molecule has 0 bridgehead atoms. The number of nitro groups is 1. The average Bonchev–Trinajstić information content (AvgIpc) is 2.32. The van der Waals surface area contributed by atoms with Crippen molar-refractivity contribution >= 4 is 11.7 Å². The smallest absolute Gasteiger partial charge is 0.309 e. The van der Waals surface area contributed by atoms with Gasteiger partial charge in [-0.3, -0.25) is 14.9 Å². The number of benzene rings is 1. The Morgan fingerprint density at radius 2 is 1.81 bits per heavy atom. The minimum Gasteiger partial charge on any atom is -0.469 e. The second kappa shape index (κ2) is 7.39. The summed E-state index contributed by atoms with van der Waals surface area (Å²) >= 11 is 0. The zero-order valence-corrected chi connectivity index (χ0v) is 9.60. The fourth-order valence-electron chi connectivity index (χ4n) is 0.974. The molecule has 5 nitrogen and oxygen atoms in total. The number of esters is 1. The SMILES string of the molecule is CC.COC(=O)Cc1ccc([N+](=O)[O-])cc1. The van der Waals surface area contributed by atoms with Crippen molar-refractivity contribution in [1.29, 1.82) is 0 Å². The number of nitrogens with zero attached hydrogens (tertiary/aromatic N) is 1. The lowest BCUT2D eigenvalue weighted by Gasteiger charge is -1.98. The van der Waals surface area contributed by atoms with Gasteiger partial charge < -0.3 is 4.74 Å². The van der Waals surface area contributed by atoms with Gasteiger partial charge in [-0.2, -0.15) is 0 Å². The molecule has 1 rings (SSSR count). The molecule has 0 aromatic heterocycles. The number of methoxy groups -OCH3 is 1. The van der Waals surface area contributed by atoms with Gasteiger partial charge in [0.2, 0.25) is 0 Å². The molecule has 0 fully saturated rings. The van der Waals surface area contributed by atoms with Crippen LogP contribution in [0.4, 0.5) is 5.69 Å². The third kappa shape index (κ3) is 4.54. The molecule has 0 saturated heterocycles. The van der Waals surface area contributed by atoms with E-state index in [1.54, 1.807) is 0 Å². The van der Waals surface area contributed by atoms with Crippen molar-refractivity contribution in [2.45, 2.75) is 20.3 Å². The zero-order chi connectivity index (χ0) is 12.6. The molecule has 0 aliphatic heterocycles. The van der Waals surface area contributed by atoms with E-state index in [9.17, 15) is 14.9 Å². The van der Waals surface area contributed by atoms with Gasteiger partial charge in [0, 0.05) is 12.1 Å². The molecular weight excluding hydrogens is 210 g/mol. The normalized spacial score (nSPS) is 8.69. The van der Waals surface area contributed by atoms with Crippen molar-refractivity contribution in [2.24, 2.45) is 0 Å². The van der Waals surface area contributed by atoms with E-state index in [0.717, 1.165) is 0 Å². The highest BCUT2D eigenvalue weighted by atomic mass is 16.6. The first kappa shape index (κ1) is 14.1. The van der Waals surface area contributed by atoms with E-state index >= 15 is 0 Å². The summed E-state index contributed by atoms with van der Waals surface area (Å²) in [6, 6.07) is 5.79. The third-order valence-electron chi connectivity index (χ3n) is 1.72. The Balaban J connectivity index is 0.00000106. The number of nitro benzene ring substituents is 1. The van der Waals surface area contributed by atoms with Crippen molar-refractivity contribution in [2.75, 3.05) is 7.11 Å². The summed E-state index contributed by atoms with van der Waals surface area (Å²) in [5.74, 6) is -0.362. The number of carbonyl (C=O) groups excluding carboxylic acids is 1. The van der Waals surface area contributed by atoms with E-state index < -0.39 is 4.92 Å². The Hall–Kier alpha value is -1.91. The maximum absolute atomic E-state index is 10.8. The minimum atomic E-state index is -0.484. The molecule has 0 saturated carbocycles. The van der Waals surface area contributed by atoms with E-state index in [0.29, 0.717) is 5.56 Å². The monoisotopic (exact) mass is 225 g/mol. The number of hydrogen-bond donors (Lipinski definition) is 0. The summed E-state index contributed by atoms with van der Waals surface area (Å²) in [5.41, 5.74) is 0.709. The van der Waals surface area contributed by atoms with Gasteiger partial charge in [-0.05, 0) is 5.56 Å². The van der Waals surface area contributed by atoms with E-state index in [-0.39, 0.29) is 18.1 Å². The van der Waals surface area contributed by atoms with E-state index in [2.05, 4.69) is 4.74 Å². The first-order valence-corrected chi connectivity index (χ1v) is 4.93. The van der Waals surface area contributed by atoms with Gasteiger partial charge in [0.1, 0.15) is 0 Å². The van der Waals surface area contributed by atoms with Crippen LogP contribution in [-0.4, -0.2) is 18.0 Å². The van der Waals surface area contributed by atoms with Crippen LogP contribution in [0.5, 0.6) is 0 Å². The molecule has 5 heteroatoms. The molecule has 0 heterocycles. The lowest BCUT2D eigenvalue weighted by molar-refractivity contribution is -0.384. The molecular formula is C11H15NO4. The Kier molecular flexibility index (Phi) is 6.51. The van der Waals surface area contributed by atoms with Gasteiger partial charge in [-0.1, -0.05) is 26.0 Å². The van der Waals surface area contributed by atoms with Crippen molar-refractivity contribution in [3.05, 3.63) is 39.9 Å². The Morgan fingerprint density at radius 1 is 1.31 bits per heavy atom. The second-order valence-corrected chi connectivity index (χ2v) is 2.68. The lowest BCUT2D eigenvalue weighted by Crippen LogP contribution is -2.04. The number of ether oxygens (including phenoxy) is 1. The first-order valence-electron chi connectivity index (χ1n) is 4.93. The molecule has 0 radical (unpaired) electrons. The minimum absolute atomic E-state index is 0.0126. The molecule has 0 unspecified atom stereocenters. The molecule has 0 amide bonds. The van der Waals surface area contributed by atoms with Crippen molar-refractivity contribution in [3.63, 3.8) is 0 Å². The van der Waals surface area contributed by atoms with Crippen molar-refractivity contribution < 1.29 is 14.5 Å². The first-order chi connectivity index (χ1) is 7.63. The van der Waals surface area contributed by atoms with Gasteiger partial charge in [-0.15, -0.1) is 0 Å². The molecule has 88 valence electrons. The molecule has 1 aromatic rings. The second-order valence-electron chi connectivity index (χ2n) is 2.68. The highest BCUT2D eigenvalue weighted by Crippen LogP contribution is 2.12. The maximum atomic E-state index is 10.8. The number of carbonyl (C=O) groups is 1. The highest BCUT2D eigenvalue weighted by molar-refractivity contribution is 5.72. The maximum Gasteiger partial charge on any atom is 0.309 e. The number of rotatable bonds is 3. The van der Waals surface area contributed by atoms with Gasteiger partial charge >= 0.3 is 5.97 Å². The summed E-state index contributed by atoms with van der Waals surface area (Å²) in [4.78, 5) is 20.7. The van der Waals surface area contributed by atoms with Crippen molar-refractivity contribution in [1.82, 2.24) is 0 Å². The van der Waals surface area contributed by atoms with Crippen LogP contribution in [0.1, 0.15) is 19.4 Å². The standard InChI is InChI=1S/C9H9NO4.C2H6/c1-14-9(11)6-7-2-4-8(5-3-7)10(12)13;1-2/h2-5H,6H2,1H3;1-2H3. The number of non-ortho nitro benzene ring substituents is 1. The summed E-state index contributed by atoms with van der Waals surface area (Å²) in [7, 11) is 1.30. The Labute approximate surface area is 94.2 Å². The van der Waals surface area contributed by atoms with Crippen LogP contribution in [0.3, 0.4) is 0 Å². The van der Waals surface area contributed by atoms with Crippen LogP contribution < -0.4 is 0 Å². The average molecular weight is 225 g/mol. The Morgan fingerprint density at radius 3 is 2.19 bits per heavy atom. The fourth-order valence-corrected chi connectivity index (χ4v) is 0.974. The van der Waals surface area contributed by atoms with Gasteiger partial charge in [0.25, 0.3) is 5.69 Å². The van der Waals surface area contributed by atoms with Crippen LogP contribution in [0.2, 0.25) is 0 Å². The van der Waals surface area contributed by atoms with Crippen LogP contribution in [0, 0.1) is 10.1 Å². The molecule has 0 N–H and O–H groups in total. The van der Waals surface area contributed by atoms with E-state index in [1.165, 1.54) is 31.4 Å². The highest BCUT2D eigenvalue weighted by Gasteiger charge is 2.06. The molecule has 0 atom stereocenters. The summed E-state index contributed by atoms with van der Waals surface area (Å²) in [6.07, 6.45) is 0.133. The fraction of sp³-hybridized carbons (Fsp3) is 0.364. The van der Waals surface area contributed by atoms with Gasteiger partial charge in [-0.25, -0.2) is 0 Å². The molecule has 0 spiro atoms. The molecule has 0 aliphatic rings. The number of hydrogen-bond acceptors (Lipinski definition) is 4.